The summed E-state index contributed by atoms with van der Waals surface area (Å²) in [7, 11) is 0. The SMILES string of the molecule is Cc1ccc2ccn(CC3Cc4ccccc4O3)c2c1. The Morgan fingerprint density at radius 3 is 2.95 bits per heavy atom. The number of fused-ring (bicyclic) bond motifs is 2. The van der Waals surface area contributed by atoms with E-state index in [1.165, 1.54) is 22.0 Å². The molecule has 1 atom stereocenters. The Bertz CT molecular complexity index is 747. The molecular formula is C18H17NO. The van der Waals surface area contributed by atoms with Gasteiger partial charge in [-0.25, -0.2) is 0 Å². The van der Waals surface area contributed by atoms with E-state index in [4.69, 9.17) is 4.74 Å². The van der Waals surface area contributed by atoms with E-state index < -0.39 is 0 Å². The van der Waals surface area contributed by atoms with Gasteiger partial charge in [0, 0.05) is 18.1 Å². The van der Waals surface area contributed by atoms with Gasteiger partial charge >= 0.3 is 0 Å². The number of ether oxygens (including phenoxy) is 1. The van der Waals surface area contributed by atoms with Crippen LogP contribution in [0.1, 0.15) is 11.1 Å². The van der Waals surface area contributed by atoms with E-state index in [9.17, 15) is 0 Å². The summed E-state index contributed by atoms with van der Waals surface area (Å²) in [4.78, 5) is 0. The lowest BCUT2D eigenvalue weighted by atomic mass is 10.1. The van der Waals surface area contributed by atoms with Crippen molar-refractivity contribution in [3.8, 4) is 5.75 Å². The number of rotatable bonds is 2. The zero-order valence-corrected chi connectivity index (χ0v) is 11.5. The second-order valence-electron chi connectivity index (χ2n) is 5.58. The van der Waals surface area contributed by atoms with Gasteiger partial charge in [-0.1, -0.05) is 30.3 Å². The van der Waals surface area contributed by atoms with Gasteiger partial charge in [-0.15, -0.1) is 0 Å². The predicted molar refractivity (Wildman–Crippen MR) is 81.2 cm³/mol. The van der Waals surface area contributed by atoms with Crippen LogP contribution in [0.5, 0.6) is 5.75 Å². The van der Waals surface area contributed by atoms with Crippen LogP contribution in [-0.4, -0.2) is 10.7 Å². The van der Waals surface area contributed by atoms with E-state index in [1.807, 2.05) is 6.07 Å². The van der Waals surface area contributed by atoms with E-state index in [2.05, 4.69) is 60.2 Å². The van der Waals surface area contributed by atoms with Crippen molar-refractivity contribution in [2.75, 3.05) is 0 Å². The smallest absolute Gasteiger partial charge is 0.123 e. The molecule has 0 N–H and O–H groups in total. The molecule has 2 aromatic carbocycles. The molecule has 0 bridgehead atoms. The summed E-state index contributed by atoms with van der Waals surface area (Å²) in [6.07, 6.45) is 3.40. The first-order valence-electron chi connectivity index (χ1n) is 7.10. The maximum atomic E-state index is 6.04. The molecule has 0 aliphatic carbocycles. The molecule has 0 spiro atoms. The Labute approximate surface area is 118 Å². The van der Waals surface area contributed by atoms with E-state index in [0.29, 0.717) is 0 Å². The minimum absolute atomic E-state index is 0.239. The molecule has 1 aliphatic rings. The first-order chi connectivity index (χ1) is 9.79. The largest absolute Gasteiger partial charge is 0.488 e. The van der Waals surface area contributed by atoms with Crippen molar-refractivity contribution in [2.24, 2.45) is 0 Å². The highest BCUT2D eigenvalue weighted by Crippen LogP contribution is 2.29. The summed E-state index contributed by atoms with van der Waals surface area (Å²) in [5, 5.41) is 1.30. The molecule has 20 heavy (non-hydrogen) atoms. The van der Waals surface area contributed by atoms with E-state index in [-0.39, 0.29) is 6.10 Å². The molecule has 2 heteroatoms. The van der Waals surface area contributed by atoms with Gasteiger partial charge in [-0.05, 0) is 41.6 Å². The standard InChI is InChI=1S/C18H17NO/c1-13-6-7-14-8-9-19(17(14)10-13)12-16-11-15-4-2-3-5-18(15)20-16/h2-10,16H,11-12H2,1H3. The van der Waals surface area contributed by atoms with Crippen LogP contribution < -0.4 is 4.74 Å². The van der Waals surface area contributed by atoms with Crippen LogP contribution in [0.4, 0.5) is 0 Å². The van der Waals surface area contributed by atoms with Gasteiger partial charge in [0.15, 0.2) is 0 Å². The maximum Gasteiger partial charge on any atom is 0.123 e. The van der Waals surface area contributed by atoms with E-state index >= 15 is 0 Å². The van der Waals surface area contributed by atoms with Crippen molar-refractivity contribution in [3.63, 3.8) is 0 Å². The van der Waals surface area contributed by atoms with Crippen LogP contribution in [0.3, 0.4) is 0 Å². The Balaban J connectivity index is 1.62. The van der Waals surface area contributed by atoms with Crippen LogP contribution in [0.2, 0.25) is 0 Å². The summed E-state index contributed by atoms with van der Waals surface area (Å²) in [6.45, 7) is 3.04. The summed E-state index contributed by atoms with van der Waals surface area (Å²) < 4.78 is 8.34. The first kappa shape index (κ1) is 11.6. The number of hydrogen-bond acceptors (Lipinski definition) is 1. The zero-order valence-electron chi connectivity index (χ0n) is 11.5. The number of nitrogens with zero attached hydrogens (tertiary/aromatic N) is 1. The van der Waals surface area contributed by atoms with Crippen molar-refractivity contribution in [2.45, 2.75) is 26.0 Å². The average molecular weight is 263 g/mol. The van der Waals surface area contributed by atoms with E-state index in [1.54, 1.807) is 0 Å². The van der Waals surface area contributed by atoms with Crippen LogP contribution in [-0.2, 0) is 13.0 Å². The number of benzene rings is 2. The number of hydrogen-bond donors (Lipinski definition) is 0. The lowest BCUT2D eigenvalue weighted by Gasteiger charge is -2.13. The number of aryl methyl sites for hydroxylation is 1. The normalized spacial score (nSPS) is 17.1. The van der Waals surface area contributed by atoms with Gasteiger partial charge in [-0.3, -0.25) is 0 Å². The Morgan fingerprint density at radius 2 is 2.05 bits per heavy atom. The number of para-hydroxylation sites is 1. The Hall–Kier alpha value is -2.22. The van der Waals surface area contributed by atoms with Gasteiger partial charge in [0.05, 0.1) is 6.54 Å². The van der Waals surface area contributed by atoms with Gasteiger partial charge in [-0.2, -0.15) is 0 Å². The van der Waals surface area contributed by atoms with Crippen molar-refractivity contribution in [3.05, 3.63) is 65.9 Å². The number of aromatic nitrogens is 1. The molecular weight excluding hydrogens is 246 g/mol. The third-order valence-corrected chi connectivity index (χ3v) is 4.04. The third kappa shape index (κ3) is 1.88. The van der Waals surface area contributed by atoms with Crippen LogP contribution in [0.25, 0.3) is 10.9 Å². The Kier molecular flexibility index (Phi) is 2.56. The molecule has 1 aromatic heterocycles. The monoisotopic (exact) mass is 263 g/mol. The molecule has 1 unspecified atom stereocenters. The molecule has 0 saturated heterocycles. The third-order valence-electron chi connectivity index (χ3n) is 4.04. The fraction of sp³-hybridized carbons (Fsp3) is 0.222. The van der Waals surface area contributed by atoms with Crippen molar-refractivity contribution in [1.82, 2.24) is 4.57 Å². The van der Waals surface area contributed by atoms with Crippen molar-refractivity contribution in [1.29, 1.82) is 0 Å². The van der Waals surface area contributed by atoms with Crippen molar-refractivity contribution >= 4 is 10.9 Å². The summed E-state index contributed by atoms with van der Waals surface area (Å²) in [5.74, 6) is 1.05. The highest BCUT2D eigenvalue weighted by Gasteiger charge is 2.22. The molecule has 0 radical (unpaired) electrons. The highest BCUT2D eigenvalue weighted by molar-refractivity contribution is 5.80. The summed E-state index contributed by atoms with van der Waals surface area (Å²) >= 11 is 0. The van der Waals surface area contributed by atoms with Crippen LogP contribution in [0.15, 0.2) is 54.7 Å². The molecule has 2 nitrogen and oxygen atoms in total. The lowest BCUT2D eigenvalue weighted by Crippen LogP contribution is -2.20. The minimum atomic E-state index is 0.239. The first-order valence-corrected chi connectivity index (χ1v) is 7.10. The summed E-state index contributed by atoms with van der Waals surface area (Å²) in [6, 6.07) is 17.1. The van der Waals surface area contributed by atoms with Gasteiger partial charge in [0.25, 0.3) is 0 Å². The van der Waals surface area contributed by atoms with Crippen LogP contribution in [0, 0.1) is 6.92 Å². The molecule has 0 amide bonds. The molecule has 2 heterocycles. The molecule has 3 aromatic rings. The molecule has 0 saturated carbocycles. The second-order valence-corrected chi connectivity index (χ2v) is 5.58. The quantitative estimate of drug-likeness (QED) is 0.682. The van der Waals surface area contributed by atoms with Crippen molar-refractivity contribution < 1.29 is 4.74 Å². The Morgan fingerprint density at radius 1 is 1.15 bits per heavy atom. The minimum Gasteiger partial charge on any atom is -0.488 e. The predicted octanol–water partition coefficient (Wildman–Crippen LogP) is 3.95. The van der Waals surface area contributed by atoms with Gasteiger partial charge in [0.2, 0.25) is 0 Å². The molecule has 4 rings (SSSR count). The van der Waals surface area contributed by atoms with E-state index in [0.717, 1.165) is 18.7 Å². The molecule has 0 fully saturated rings. The molecule has 1 aliphatic heterocycles. The fourth-order valence-electron chi connectivity index (χ4n) is 3.03. The van der Waals surface area contributed by atoms with Gasteiger partial charge in [0.1, 0.15) is 11.9 Å². The van der Waals surface area contributed by atoms with Gasteiger partial charge < -0.3 is 9.30 Å². The zero-order chi connectivity index (χ0) is 13.5. The second kappa shape index (κ2) is 4.41. The fourth-order valence-corrected chi connectivity index (χ4v) is 3.03. The molecule has 100 valence electrons. The van der Waals surface area contributed by atoms with Crippen LogP contribution >= 0.6 is 0 Å². The maximum absolute atomic E-state index is 6.04. The highest BCUT2D eigenvalue weighted by atomic mass is 16.5. The topological polar surface area (TPSA) is 14.2 Å². The average Bonchev–Trinajstić information content (AvgIpc) is 3.03. The summed E-state index contributed by atoms with van der Waals surface area (Å²) in [5.41, 5.74) is 3.92. The lowest BCUT2D eigenvalue weighted by molar-refractivity contribution is 0.211.